The molecule has 3 heteroatoms. The van der Waals surface area contributed by atoms with Gasteiger partial charge in [-0.25, -0.2) is 0 Å². The summed E-state index contributed by atoms with van der Waals surface area (Å²) in [7, 11) is 0. The van der Waals surface area contributed by atoms with Crippen molar-refractivity contribution in [3.05, 3.63) is 33.2 Å². The summed E-state index contributed by atoms with van der Waals surface area (Å²) in [6.45, 7) is 7.31. The summed E-state index contributed by atoms with van der Waals surface area (Å²) in [5, 5.41) is 0. The first-order valence-corrected chi connectivity index (χ1v) is 5.54. The Hall–Kier alpha value is -0.570. The molecule has 78 valence electrons. The third kappa shape index (κ3) is 3.29. The lowest BCUT2D eigenvalue weighted by Gasteiger charge is -2.18. The molecular formula is C11H16BrNO. The van der Waals surface area contributed by atoms with E-state index >= 15 is 0 Å². The molecule has 0 saturated heterocycles. The van der Waals surface area contributed by atoms with Crippen molar-refractivity contribution in [2.45, 2.75) is 33.7 Å². The van der Waals surface area contributed by atoms with Crippen LogP contribution in [0.15, 0.2) is 27.6 Å². The number of rotatable bonds is 2. The Morgan fingerprint density at radius 2 is 2.07 bits per heavy atom. The van der Waals surface area contributed by atoms with E-state index in [1.807, 2.05) is 12.3 Å². The van der Waals surface area contributed by atoms with Crippen LogP contribution in [0, 0.1) is 5.41 Å². The Morgan fingerprint density at radius 1 is 1.43 bits per heavy atom. The summed E-state index contributed by atoms with van der Waals surface area (Å²) >= 11 is 3.23. The highest BCUT2D eigenvalue weighted by atomic mass is 79.9. The largest absolute Gasteiger partial charge is 0.315 e. The zero-order chi connectivity index (χ0) is 10.8. The van der Waals surface area contributed by atoms with Crippen LogP contribution in [0.5, 0.6) is 0 Å². The number of hydrogen-bond acceptors (Lipinski definition) is 1. The Labute approximate surface area is 93.1 Å². The lowest BCUT2D eigenvalue weighted by molar-refractivity contribution is 0.347. The number of aryl methyl sites for hydroxylation is 1. The molecule has 0 aliphatic carbocycles. The van der Waals surface area contributed by atoms with E-state index in [4.69, 9.17) is 0 Å². The first kappa shape index (κ1) is 11.5. The SMILES string of the molecule is CC(C)(C)CCn1cccc(Br)c1=O. The van der Waals surface area contributed by atoms with Gasteiger partial charge in [0.1, 0.15) is 0 Å². The Bertz CT molecular complexity index is 362. The van der Waals surface area contributed by atoms with Crippen LogP contribution in [0.25, 0.3) is 0 Å². The molecule has 0 spiro atoms. The van der Waals surface area contributed by atoms with Crippen molar-refractivity contribution in [2.24, 2.45) is 5.41 Å². The predicted molar refractivity (Wildman–Crippen MR) is 62.5 cm³/mol. The first-order valence-electron chi connectivity index (χ1n) is 4.75. The van der Waals surface area contributed by atoms with E-state index in [0.29, 0.717) is 4.47 Å². The molecule has 0 atom stereocenters. The van der Waals surface area contributed by atoms with Gasteiger partial charge in [-0.15, -0.1) is 0 Å². The van der Waals surface area contributed by atoms with Crippen molar-refractivity contribution in [3.8, 4) is 0 Å². The van der Waals surface area contributed by atoms with Crippen molar-refractivity contribution >= 4 is 15.9 Å². The second-order valence-electron chi connectivity index (χ2n) is 4.67. The zero-order valence-corrected chi connectivity index (χ0v) is 10.5. The number of aromatic nitrogens is 1. The summed E-state index contributed by atoms with van der Waals surface area (Å²) < 4.78 is 2.38. The molecule has 0 saturated carbocycles. The van der Waals surface area contributed by atoms with Gasteiger partial charge in [-0.2, -0.15) is 0 Å². The van der Waals surface area contributed by atoms with Crippen molar-refractivity contribution < 1.29 is 0 Å². The van der Waals surface area contributed by atoms with Crippen molar-refractivity contribution in [1.29, 1.82) is 0 Å². The summed E-state index contributed by atoms with van der Waals surface area (Å²) in [5.74, 6) is 0. The van der Waals surface area contributed by atoms with E-state index < -0.39 is 0 Å². The molecule has 0 aliphatic heterocycles. The third-order valence-corrected chi connectivity index (χ3v) is 2.68. The Kier molecular flexibility index (Phi) is 3.53. The van der Waals surface area contributed by atoms with E-state index in [1.54, 1.807) is 10.6 Å². The minimum atomic E-state index is 0.0525. The number of hydrogen-bond donors (Lipinski definition) is 0. The fraction of sp³-hybridized carbons (Fsp3) is 0.545. The molecule has 1 rings (SSSR count). The maximum Gasteiger partial charge on any atom is 0.264 e. The maximum absolute atomic E-state index is 11.6. The summed E-state index contributed by atoms with van der Waals surface area (Å²) in [5.41, 5.74) is 0.318. The Balaban J connectivity index is 2.78. The molecule has 0 bridgehead atoms. The minimum Gasteiger partial charge on any atom is -0.315 e. The molecule has 2 nitrogen and oxygen atoms in total. The quantitative estimate of drug-likeness (QED) is 0.799. The van der Waals surface area contributed by atoms with Crippen molar-refractivity contribution in [1.82, 2.24) is 4.57 Å². The topological polar surface area (TPSA) is 22.0 Å². The normalized spacial score (nSPS) is 11.7. The number of halogens is 1. The Morgan fingerprint density at radius 3 is 2.64 bits per heavy atom. The molecule has 0 N–H and O–H groups in total. The molecule has 0 amide bonds. The maximum atomic E-state index is 11.6. The van der Waals surface area contributed by atoms with Gasteiger partial charge in [-0.05, 0) is 39.9 Å². The van der Waals surface area contributed by atoms with Crippen LogP contribution in [0.1, 0.15) is 27.2 Å². The van der Waals surface area contributed by atoms with Gasteiger partial charge in [-0.3, -0.25) is 4.79 Å². The van der Waals surface area contributed by atoms with Crippen molar-refractivity contribution in [3.63, 3.8) is 0 Å². The second-order valence-corrected chi connectivity index (χ2v) is 5.52. The molecule has 14 heavy (non-hydrogen) atoms. The number of pyridine rings is 1. The summed E-state index contributed by atoms with van der Waals surface area (Å²) in [6.07, 6.45) is 2.84. The lowest BCUT2D eigenvalue weighted by atomic mass is 9.92. The average Bonchev–Trinajstić information content (AvgIpc) is 2.06. The fourth-order valence-electron chi connectivity index (χ4n) is 1.14. The molecule has 0 unspecified atom stereocenters. The minimum absolute atomic E-state index is 0.0525. The van der Waals surface area contributed by atoms with Crippen molar-refractivity contribution in [2.75, 3.05) is 0 Å². The van der Waals surface area contributed by atoms with E-state index in [-0.39, 0.29) is 11.0 Å². The van der Waals surface area contributed by atoms with Crippen LogP contribution >= 0.6 is 15.9 Å². The molecule has 0 aromatic carbocycles. The lowest BCUT2D eigenvalue weighted by Crippen LogP contribution is -2.22. The van der Waals surface area contributed by atoms with Gasteiger partial charge in [0.15, 0.2) is 0 Å². The molecule has 0 aliphatic rings. The summed E-state index contributed by atoms with van der Waals surface area (Å²) in [4.78, 5) is 11.6. The molecule has 1 heterocycles. The smallest absolute Gasteiger partial charge is 0.264 e. The van der Waals surface area contributed by atoms with Gasteiger partial charge in [0.2, 0.25) is 0 Å². The van der Waals surface area contributed by atoms with Gasteiger partial charge in [0.05, 0.1) is 4.47 Å². The monoisotopic (exact) mass is 257 g/mol. The highest BCUT2D eigenvalue weighted by molar-refractivity contribution is 9.10. The zero-order valence-electron chi connectivity index (χ0n) is 8.88. The highest BCUT2D eigenvalue weighted by Gasteiger charge is 2.10. The van der Waals surface area contributed by atoms with Crippen LogP contribution in [0.3, 0.4) is 0 Å². The van der Waals surface area contributed by atoms with Gasteiger partial charge >= 0.3 is 0 Å². The third-order valence-electron chi connectivity index (χ3n) is 2.08. The summed E-state index contributed by atoms with van der Waals surface area (Å²) in [6, 6.07) is 3.66. The van der Waals surface area contributed by atoms with E-state index in [0.717, 1.165) is 13.0 Å². The second kappa shape index (κ2) is 4.30. The van der Waals surface area contributed by atoms with Crippen LogP contribution in [-0.2, 0) is 6.54 Å². The highest BCUT2D eigenvalue weighted by Crippen LogP contribution is 2.18. The standard InChI is InChI=1S/C11H16BrNO/c1-11(2,3)6-8-13-7-4-5-9(12)10(13)14/h4-5,7H,6,8H2,1-3H3. The molecule has 1 aromatic rings. The molecule has 0 radical (unpaired) electrons. The molecular weight excluding hydrogens is 242 g/mol. The van der Waals surface area contributed by atoms with Gasteiger partial charge in [0, 0.05) is 12.7 Å². The fourth-order valence-corrected chi connectivity index (χ4v) is 1.52. The number of nitrogens with zero attached hydrogens (tertiary/aromatic N) is 1. The first-order chi connectivity index (χ1) is 6.40. The van der Waals surface area contributed by atoms with Crippen LogP contribution in [0.4, 0.5) is 0 Å². The van der Waals surface area contributed by atoms with E-state index in [2.05, 4.69) is 36.7 Å². The molecule has 1 aromatic heterocycles. The van der Waals surface area contributed by atoms with Gasteiger partial charge < -0.3 is 4.57 Å². The predicted octanol–water partition coefficient (Wildman–Crippen LogP) is 3.05. The van der Waals surface area contributed by atoms with E-state index in [9.17, 15) is 4.79 Å². The van der Waals surface area contributed by atoms with Gasteiger partial charge in [0.25, 0.3) is 5.56 Å². The van der Waals surface area contributed by atoms with E-state index in [1.165, 1.54) is 0 Å². The van der Waals surface area contributed by atoms with Crippen LogP contribution < -0.4 is 5.56 Å². The van der Waals surface area contributed by atoms with Crippen LogP contribution in [0.2, 0.25) is 0 Å². The van der Waals surface area contributed by atoms with Crippen LogP contribution in [-0.4, -0.2) is 4.57 Å². The van der Waals surface area contributed by atoms with Gasteiger partial charge in [-0.1, -0.05) is 20.8 Å². The molecule has 0 fully saturated rings. The average molecular weight is 258 g/mol.